The average molecular weight is 428 g/mol. The zero-order valence-corrected chi connectivity index (χ0v) is 13.9. The van der Waals surface area contributed by atoms with Gasteiger partial charge in [0.1, 0.15) is 11.5 Å². The van der Waals surface area contributed by atoms with Crippen LogP contribution in [-0.4, -0.2) is 21.8 Å². The fourth-order valence-electron chi connectivity index (χ4n) is 2.49. The molecule has 0 saturated carbocycles. The van der Waals surface area contributed by atoms with Crippen LogP contribution in [0.5, 0.6) is 11.5 Å². The van der Waals surface area contributed by atoms with Gasteiger partial charge < -0.3 is 21.7 Å². The monoisotopic (exact) mass is 426 g/mol. The van der Waals surface area contributed by atoms with Crippen molar-refractivity contribution in [1.29, 1.82) is 0 Å². The summed E-state index contributed by atoms with van der Waals surface area (Å²) >= 11 is 6.24. The molecule has 3 rings (SSSR count). The third-order valence-corrected chi connectivity index (χ3v) is 4.81. The summed E-state index contributed by atoms with van der Waals surface area (Å²) in [6, 6.07) is 2.45. The van der Waals surface area contributed by atoms with E-state index >= 15 is 0 Å². The van der Waals surface area contributed by atoms with E-state index in [2.05, 4.69) is 31.9 Å². The molecule has 0 unspecified atom stereocenters. The van der Waals surface area contributed by atoms with Gasteiger partial charge in [-0.25, -0.2) is 0 Å². The second-order valence-corrected chi connectivity index (χ2v) is 6.45. The Kier molecular flexibility index (Phi) is 3.19. The highest BCUT2D eigenvalue weighted by atomic mass is 79.9. The Labute approximate surface area is 141 Å². The van der Waals surface area contributed by atoms with Crippen molar-refractivity contribution in [3.63, 3.8) is 0 Å². The summed E-state index contributed by atoms with van der Waals surface area (Å²) in [5, 5.41) is 20.0. The van der Waals surface area contributed by atoms with Crippen molar-refractivity contribution in [2.24, 2.45) is 0 Å². The molecular weight excluding hydrogens is 420 g/mol. The Balaban J connectivity index is 2.49. The molecule has 0 saturated heterocycles. The molecule has 22 heavy (non-hydrogen) atoms. The number of phenolic OH excluding ortho intramolecular Hbond substituents is 2. The third-order valence-electron chi connectivity index (χ3n) is 3.50. The van der Waals surface area contributed by atoms with Crippen LogP contribution >= 0.6 is 31.9 Å². The first-order valence-corrected chi connectivity index (χ1v) is 7.55. The maximum atomic E-state index is 12.7. The molecule has 0 heterocycles. The Hall–Kier alpha value is -2.06. The molecule has 0 aromatic heterocycles. The van der Waals surface area contributed by atoms with Crippen LogP contribution in [0.3, 0.4) is 0 Å². The maximum Gasteiger partial charge on any atom is 0.202 e. The van der Waals surface area contributed by atoms with E-state index in [0.29, 0.717) is 0 Å². The van der Waals surface area contributed by atoms with E-state index in [1.165, 1.54) is 12.1 Å². The summed E-state index contributed by atoms with van der Waals surface area (Å²) in [7, 11) is 0. The third kappa shape index (κ3) is 1.77. The SMILES string of the molecule is Nc1c(Br)cc(O)c2c1C(=O)c1c(N)c(Br)cc(O)c1C2=O. The number of fused-ring (bicyclic) bond motifs is 2. The van der Waals surface area contributed by atoms with E-state index < -0.39 is 23.1 Å². The van der Waals surface area contributed by atoms with Gasteiger partial charge in [0.05, 0.1) is 33.6 Å². The highest BCUT2D eigenvalue weighted by molar-refractivity contribution is 9.11. The smallest absolute Gasteiger partial charge is 0.202 e. The van der Waals surface area contributed by atoms with Crippen LogP contribution in [0.4, 0.5) is 11.4 Å². The molecular formula is C14H8Br2N2O4. The van der Waals surface area contributed by atoms with Crippen molar-refractivity contribution in [1.82, 2.24) is 0 Å². The largest absolute Gasteiger partial charge is 0.507 e. The topological polar surface area (TPSA) is 127 Å². The molecule has 0 bridgehead atoms. The molecule has 1 aliphatic rings. The van der Waals surface area contributed by atoms with Crippen LogP contribution in [0.25, 0.3) is 0 Å². The van der Waals surface area contributed by atoms with E-state index in [0.717, 1.165) is 0 Å². The lowest BCUT2D eigenvalue weighted by Crippen LogP contribution is -2.24. The van der Waals surface area contributed by atoms with Gasteiger partial charge in [-0.2, -0.15) is 0 Å². The summed E-state index contributed by atoms with van der Waals surface area (Å²) in [6.07, 6.45) is 0. The zero-order valence-electron chi connectivity index (χ0n) is 10.8. The first kappa shape index (κ1) is 14.9. The van der Waals surface area contributed by atoms with Gasteiger partial charge in [0.2, 0.25) is 5.78 Å². The predicted octanol–water partition coefficient (Wildman–Crippen LogP) is 2.56. The van der Waals surface area contributed by atoms with E-state index in [1.54, 1.807) is 0 Å². The standard InChI is InChI=1S/C14H8Br2N2O4/c15-3-1-5(19)7-9(11(3)17)14(22)10-8(13(7)21)6(20)2-4(16)12(10)18/h1-2,19-20H,17-18H2. The molecule has 0 atom stereocenters. The van der Waals surface area contributed by atoms with E-state index in [4.69, 9.17) is 11.5 Å². The minimum atomic E-state index is -0.710. The molecule has 2 aromatic carbocycles. The molecule has 0 aliphatic heterocycles. The number of nitrogens with two attached hydrogens (primary N) is 2. The fourth-order valence-corrected chi connectivity index (χ4v) is 3.32. The zero-order chi connectivity index (χ0) is 16.3. The van der Waals surface area contributed by atoms with Crippen LogP contribution in [0, 0.1) is 0 Å². The van der Waals surface area contributed by atoms with Crippen molar-refractivity contribution in [3.8, 4) is 11.5 Å². The molecule has 8 heteroatoms. The van der Waals surface area contributed by atoms with Crippen molar-refractivity contribution in [2.45, 2.75) is 0 Å². The Bertz CT molecular complexity index is 824. The van der Waals surface area contributed by atoms with Crippen LogP contribution in [0.1, 0.15) is 31.8 Å². The molecule has 2 aromatic rings. The summed E-state index contributed by atoms with van der Waals surface area (Å²) in [5.74, 6) is -2.15. The van der Waals surface area contributed by atoms with E-state index in [9.17, 15) is 19.8 Å². The number of carbonyl (C=O) groups is 2. The number of hydrogen-bond donors (Lipinski definition) is 4. The lowest BCUT2D eigenvalue weighted by atomic mass is 9.81. The lowest BCUT2D eigenvalue weighted by molar-refractivity contribution is 0.0975. The van der Waals surface area contributed by atoms with Crippen molar-refractivity contribution >= 4 is 54.8 Å². The van der Waals surface area contributed by atoms with Crippen molar-refractivity contribution < 1.29 is 19.8 Å². The van der Waals surface area contributed by atoms with Crippen LogP contribution in [-0.2, 0) is 0 Å². The number of aromatic hydroxyl groups is 2. The molecule has 6 nitrogen and oxygen atoms in total. The number of hydrogen-bond acceptors (Lipinski definition) is 6. The minimum absolute atomic E-state index is 0.0238. The average Bonchev–Trinajstić information content (AvgIpc) is 2.44. The van der Waals surface area contributed by atoms with Gasteiger partial charge in [0.25, 0.3) is 0 Å². The summed E-state index contributed by atoms with van der Waals surface area (Å²) in [6.45, 7) is 0. The van der Waals surface area contributed by atoms with Crippen molar-refractivity contribution in [3.05, 3.63) is 43.3 Å². The number of phenols is 2. The van der Waals surface area contributed by atoms with Crippen LogP contribution < -0.4 is 11.5 Å². The second kappa shape index (κ2) is 4.72. The fraction of sp³-hybridized carbons (Fsp3) is 0. The Morgan fingerprint density at radius 3 is 1.41 bits per heavy atom. The molecule has 0 fully saturated rings. The highest BCUT2D eigenvalue weighted by Gasteiger charge is 2.38. The number of anilines is 2. The number of ketones is 2. The van der Waals surface area contributed by atoms with Crippen LogP contribution in [0.15, 0.2) is 21.1 Å². The highest BCUT2D eigenvalue weighted by Crippen LogP contribution is 2.45. The molecule has 0 amide bonds. The normalized spacial score (nSPS) is 13.0. The van der Waals surface area contributed by atoms with E-state index in [-0.39, 0.29) is 42.6 Å². The van der Waals surface area contributed by atoms with Gasteiger partial charge in [-0.1, -0.05) is 0 Å². The number of halogens is 2. The van der Waals surface area contributed by atoms with Gasteiger partial charge in [0, 0.05) is 8.95 Å². The summed E-state index contributed by atoms with van der Waals surface area (Å²) in [4.78, 5) is 25.3. The second-order valence-electron chi connectivity index (χ2n) is 4.74. The quantitative estimate of drug-likeness (QED) is 0.322. The van der Waals surface area contributed by atoms with Crippen molar-refractivity contribution in [2.75, 3.05) is 11.5 Å². The first-order chi connectivity index (χ1) is 10.3. The van der Waals surface area contributed by atoms with Gasteiger partial charge in [-0.15, -0.1) is 0 Å². The number of carbonyl (C=O) groups excluding carboxylic acids is 2. The number of nitrogen functional groups attached to an aromatic ring is 2. The Morgan fingerprint density at radius 1 is 0.727 bits per heavy atom. The van der Waals surface area contributed by atoms with Crippen LogP contribution in [0.2, 0.25) is 0 Å². The first-order valence-electron chi connectivity index (χ1n) is 5.97. The molecule has 0 spiro atoms. The summed E-state index contributed by atoms with van der Waals surface area (Å²) in [5.41, 5.74) is 11.0. The van der Waals surface area contributed by atoms with Gasteiger partial charge in [0.15, 0.2) is 5.78 Å². The predicted molar refractivity (Wildman–Crippen MR) is 87.3 cm³/mol. The van der Waals surface area contributed by atoms with Gasteiger partial charge >= 0.3 is 0 Å². The molecule has 6 N–H and O–H groups in total. The lowest BCUT2D eigenvalue weighted by Gasteiger charge is -2.23. The number of benzene rings is 2. The van der Waals surface area contributed by atoms with E-state index in [1.807, 2.05) is 0 Å². The maximum absolute atomic E-state index is 12.7. The summed E-state index contributed by atoms with van der Waals surface area (Å²) < 4.78 is 0.567. The molecule has 112 valence electrons. The number of rotatable bonds is 0. The molecule has 1 aliphatic carbocycles. The Morgan fingerprint density at radius 2 is 1.05 bits per heavy atom. The van der Waals surface area contributed by atoms with Gasteiger partial charge in [-0.3, -0.25) is 9.59 Å². The molecule has 0 radical (unpaired) electrons. The van der Waals surface area contributed by atoms with Gasteiger partial charge in [-0.05, 0) is 44.0 Å². The minimum Gasteiger partial charge on any atom is -0.507 e.